The first-order valence-electron chi connectivity index (χ1n) is 5.00. The van der Waals surface area contributed by atoms with Gasteiger partial charge in [-0.2, -0.15) is 0 Å². The molecular formula is C9H13N3O3S3. The summed E-state index contributed by atoms with van der Waals surface area (Å²) in [5.74, 6) is 0.0145. The summed E-state index contributed by atoms with van der Waals surface area (Å²) >= 11 is 4.09. The molecule has 1 N–H and O–H groups in total. The van der Waals surface area contributed by atoms with Crippen LogP contribution in [0.3, 0.4) is 0 Å². The Balaban J connectivity index is 2.34. The lowest BCUT2D eigenvalue weighted by Crippen LogP contribution is -2.23. The molecule has 0 aliphatic heterocycles. The summed E-state index contributed by atoms with van der Waals surface area (Å²) in [5.41, 5.74) is 0. The normalized spacial score (nSPS) is 10.3. The summed E-state index contributed by atoms with van der Waals surface area (Å²) in [6.45, 7) is 0. The van der Waals surface area contributed by atoms with E-state index in [0.717, 1.165) is 8.68 Å². The molecule has 0 aliphatic carbocycles. The Kier molecular flexibility index (Phi) is 6.44. The maximum atomic E-state index is 11.4. The van der Waals surface area contributed by atoms with Crippen molar-refractivity contribution in [3.05, 3.63) is 0 Å². The van der Waals surface area contributed by atoms with E-state index in [-0.39, 0.29) is 12.3 Å². The largest absolute Gasteiger partial charge is 0.481 e. The van der Waals surface area contributed by atoms with Crippen LogP contribution < -0.4 is 0 Å². The first-order valence-corrected chi connectivity index (χ1v) is 7.79. The Morgan fingerprint density at radius 2 is 1.89 bits per heavy atom. The Bertz CT molecular complexity index is 422. The third-order valence-corrected chi connectivity index (χ3v) is 4.92. The van der Waals surface area contributed by atoms with Gasteiger partial charge in [-0.3, -0.25) is 9.59 Å². The fourth-order valence-electron chi connectivity index (χ4n) is 0.792. The van der Waals surface area contributed by atoms with Crippen molar-refractivity contribution in [1.82, 2.24) is 15.1 Å². The van der Waals surface area contributed by atoms with E-state index in [1.165, 1.54) is 39.8 Å². The van der Waals surface area contributed by atoms with Gasteiger partial charge in [0.05, 0.1) is 12.2 Å². The number of thioether (sulfide) groups is 2. The van der Waals surface area contributed by atoms with Crippen LogP contribution in [-0.4, -0.2) is 57.7 Å². The fourth-order valence-corrected chi connectivity index (χ4v) is 3.79. The first kappa shape index (κ1) is 15.3. The van der Waals surface area contributed by atoms with E-state index in [2.05, 4.69) is 10.2 Å². The quantitative estimate of drug-likeness (QED) is 0.760. The van der Waals surface area contributed by atoms with E-state index in [1.54, 1.807) is 14.1 Å². The van der Waals surface area contributed by atoms with Crippen molar-refractivity contribution in [3.63, 3.8) is 0 Å². The predicted molar refractivity (Wildman–Crippen MR) is 72.3 cm³/mol. The van der Waals surface area contributed by atoms with Crippen LogP contribution in [0.25, 0.3) is 0 Å². The molecule has 1 aromatic rings. The Morgan fingerprint density at radius 1 is 1.28 bits per heavy atom. The van der Waals surface area contributed by atoms with Crippen LogP contribution in [0.15, 0.2) is 8.68 Å². The fraction of sp³-hybridized carbons (Fsp3) is 0.556. The van der Waals surface area contributed by atoms with Crippen molar-refractivity contribution in [2.75, 3.05) is 25.6 Å². The summed E-state index contributed by atoms with van der Waals surface area (Å²) in [7, 11) is 3.41. The molecule has 100 valence electrons. The molecule has 0 radical (unpaired) electrons. The standard InChI is InChI=1S/C9H13N3O3S3/c1-12(2)6(13)5-17-9-11-10-8(18-9)16-4-3-7(14)15/h3-5H2,1-2H3,(H,14,15). The number of carbonyl (C=O) groups excluding carboxylic acids is 1. The van der Waals surface area contributed by atoms with Gasteiger partial charge in [0.25, 0.3) is 0 Å². The summed E-state index contributed by atoms with van der Waals surface area (Å²) in [5, 5.41) is 16.4. The van der Waals surface area contributed by atoms with Crippen LogP contribution >= 0.6 is 34.9 Å². The summed E-state index contributed by atoms with van der Waals surface area (Å²) in [6.07, 6.45) is 0.103. The Morgan fingerprint density at radius 3 is 2.44 bits per heavy atom. The van der Waals surface area contributed by atoms with Crippen LogP contribution in [0.5, 0.6) is 0 Å². The highest BCUT2D eigenvalue weighted by atomic mass is 32.2. The van der Waals surface area contributed by atoms with Crippen LogP contribution in [-0.2, 0) is 9.59 Å². The maximum Gasteiger partial charge on any atom is 0.304 e. The number of carboxylic acids is 1. The second kappa shape index (κ2) is 7.59. The zero-order valence-corrected chi connectivity index (χ0v) is 12.4. The van der Waals surface area contributed by atoms with Crippen molar-refractivity contribution in [1.29, 1.82) is 0 Å². The smallest absolute Gasteiger partial charge is 0.304 e. The van der Waals surface area contributed by atoms with Gasteiger partial charge in [0.1, 0.15) is 0 Å². The molecule has 0 unspecified atom stereocenters. The van der Waals surface area contributed by atoms with Crippen LogP contribution in [0, 0.1) is 0 Å². The number of hydrogen-bond donors (Lipinski definition) is 1. The summed E-state index contributed by atoms with van der Waals surface area (Å²) < 4.78 is 1.46. The molecule has 0 aliphatic rings. The van der Waals surface area contributed by atoms with Gasteiger partial charge in [0.15, 0.2) is 8.68 Å². The summed E-state index contributed by atoms with van der Waals surface area (Å²) in [4.78, 5) is 23.2. The predicted octanol–water partition coefficient (Wildman–Crippen LogP) is 1.29. The highest BCUT2D eigenvalue weighted by molar-refractivity contribution is 8.03. The van der Waals surface area contributed by atoms with Crippen molar-refractivity contribution in [2.45, 2.75) is 15.1 Å². The van der Waals surface area contributed by atoms with Crippen molar-refractivity contribution in [2.24, 2.45) is 0 Å². The molecule has 0 saturated heterocycles. The molecule has 9 heteroatoms. The molecule has 0 fully saturated rings. The number of rotatable bonds is 7. The number of carboxylic acid groups (broad SMARTS) is 1. The second-order valence-electron chi connectivity index (χ2n) is 3.40. The monoisotopic (exact) mass is 307 g/mol. The lowest BCUT2D eigenvalue weighted by atomic mass is 10.5. The molecule has 6 nitrogen and oxygen atoms in total. The minimum atomic E-state index is -0.821. The molecule has 0 atom stereocenters. The molecule has 1 amide bonds. The van der Waals surface area contributed by atoms with E-state index >= 15 is 0 Å². The zero-order valence-electron chi connectivity index (χ0n) is 9.95. The maximum absolute atomic E-state index is 11.4. The van der Waals surface area contributed by atoms with Gasteiger partial charge < -0.3 is 10.0 Å². The SMILES string of the molecule is CN(C)C(=O)CSc1nnc(SCCC(=O)O)s1. The molecule has 0 aromatic carbocycles. The topological polar surface area (TPSA) is 83.4 Å². The van der Waals surface area contributed by atoms with Gasteiger partial charge >= 0.3 is 5.97 Å². The van der Waals surface area contributed by atoms with Crippen molar-refractivity contribution < 1.29 is 14.7 Å². The Hall–Kier alpha value is -0.800. The molecule has 1 rings (SSSR count). The van der Waals surface area contributed by atoms with Gasteiger partial charge in [-0.15, -0.1) is 10.2 Å². The highest BCUT2D eigenvalue weighted by Gasteiger charge is 2.10. The minimum Gasteiger partial charge on any atom is -0.481 e. The number of hydrogen-bond acceptors (Lipinski definition) is 7. The van der Waals surface area contributed by atoms with E-state index in [9.17, 15) is 9.59 Å². The lowest BCUT2D eigenvalue weighted by Gasteiger charge is -2.07. The van der Waals surface area contributed by atoms with Crippen LogP contribution in [0.2, 0.25) is 0 Å². The molecule has 0 spiro atoms. The van der Waals surface area contributed by atoms with Gasteiger partial charge in [-0.1, -0.05) is 34.9 Å². The average molecular weight is 307 g/mol. The molecule has 18 heavy (non-hydrogen) atoms. The third-order valence-electron chi connectivity index (χ3n) is 1.75. The molecule has 1 heterocycles. The number of aliphatic carboxylic acids is 1. The number of aromatic nitrogens is 2. The molecule has 1 aromatic heterocycles. The second-order valence-corrected chi connectivity index (χ2v) is 6.94. The highest BCUT2D eigenvalue weighted by Crippen LogP contribution is 2.29. The van der Waals surface area contributed by atoms with E-state index in [1.807, 2.05) is 0 Å². The summed E-state index contributed by atoms with van der Waals surface area (Å²) in [6, 6.07) is 0. The number of nitrogens with zero attached hydrogens (tertiary/aromatic N) is 3. The lowest BCUT2D eigenvalue weighted by molar-refractivity contribution is -0.136. The van der Waals surface area contributed by atoms with E-state index in [4.69, 9.17) is 5.11 Å². The molecule has 0 bridgehead atoms. The minimum absolute atomic E-state index is 0.0234. The Labute approximate surface area is 117 Å². The van der Waals surface area contributed by atoms with E-state index < -0.39 is 5.97 Å². The van der Waals surface area contributed by atoms with Gasteiger partial charge in [-0.25, -0.2) is 0 Å². The average Bonchev–Trinajstić information content (AvgIpc) is 2.73. The zero-order chi connectivity index (χ0) is 13.5. The van der Waals surface area contributed by atoms with Crippen molar-refractivity contribution in [3.8, 4) is 0 Å². The van der Waals surface area contributed by atoms with E-state index in [0.29, 0.717) is 11.5 Å². The first-order chi connectivity index (χ1) is 8.49. The van der Waals surface area contributed by atoms with Gasteiger partial charge in [0, 0.05) is 19.8 Å². The third kappa shape index (κ3) is 5.69. The number of carbonyl (C=O) groups is 2. The number of amides is 1. The van der Waals surface area contributed by atoms with Gasteiger partial charge in [-0.05, 0) is 0 Å². The molecular weight excluding hydrogens is 294 g/mol. The van der Waals surface area contributed by atoms with Crippen molar-refractivity contribution >= 4 is 46.7 Å². The van der Waals surface area contributed by atoms with Crippen LogP contribution in [0.1, 0.15) is 6.42 Å². The molecule has 0 saturated carbocycles. The van der Waals surface area contributed by atoms with Crippen LogP contribution in [0.4, 0.5) is 0 Å². The van der Waals surface area contributed by atoms with Gasteiger partial charge in [0.2, 0.25) is 5.91 Å².